The van der Waals surface area contributed by atoms with Crippen molar-refractivity contribution in [3.8, 4) is 5.75 Å². The lowest BCUT2D eigenvalue weighted by molar-refractivity contribution is -0.123. The molecule has 1 aliphatic rings. The van der Waals surface area contributed by atoms with Crippen LogP contribution >= 0.6 is 11.6 Å². The van der Waals surface area contributed by atoms with Crippen LogP contribution in [0.1, 0.15) is 18.4 Å². The smallest absolute Gasteiger partial charge is 0.258 e. The van der Waals surface area contributed by atoms with Gasteiger partial charge in [-0.25, -0.2) is 8.42 Å². The van der Waals surface area contributed by atoms with E-state index >= 15 is 0 Å². The van der Waals surface area contributed by atoms with Gasteiger partial charge in [0.1, 0.15) is 5.75 Å². The first-order valence-electron chi connectivity index (χ1n) is 9.65. The first kappa shape index (κ1) is 22.4. The molecule has 1 saturated heterocycles. The van der Waals surface area contributed by atoms with Gasteiger partial charge in [-0.15, -0.1) is 0 Å². The van der Waals surface area contributed by atoms with Gasteiger partial charge in [0.05, 0.1) is 24.6 Å². The third-order valence-corrected chi connectivity index (χ3v) is 6.23. The summed E-state index contributed by atoms with van der Waals surface area (Å²) < 4.78 is 36.9. The highest BCUT2D eigenvalue weighted by Crippen LogP contribution is 2.26. The van der Waals surface area contributed by atoms with Gasteiger partial charge in [0.2, 0.25) is 10.0 Å². The van der Waals surface area contributed by atoms with E-state index in [1.54, 1.807) is 42.5 Å². The topological polar surface area (TPSA) is 84.9 Å². The van der Waals surface area contributed by atoms with Gasteiger partial charge in [0, 0.05) is 18.2 Å². The molecule has 1 atom stereocenters. The number of hydrogen-bond donors (Lipinski definition) is 1. The zero-order chi connectivity index (χ0) is 21.6. The van der Waals surface area contributed by atoms with Crippen LogP contribution in [0.25, 0.3) is 0 Å². The van der Waals surface area contributed by atoms with Crippen molar-refractivity contribution in [3.63, 3.8) is 0 Å². The Kier molecular flexibility index (Phi) is 7.58. The second-order valence-corrected chi connectivity index (χ2v) is 9.40. The molecule has 0 bridgehead atoms. The van der Waals surface area contributed by atoms with Gasteiger partial charge in [0.25, 0.3) is 5.91 Å². The first-order valence-corrected chi connectivity index (χ1v) is 11.9. The van der Waals surface area contributed by atoms with E-state index in [-0.39, 0.29) is 25.2 Å². The maximum atomic E-state index is 12.3. The summed E-state index contributed by atoms with van der Waals surface area (Å²) in [5.41, 5.74) is 1.18. The quantitative estimate of drug-likeness (QED) is 0.632. The normalized spacial score (nSPS) is 16.3. The molecule has 1 heterocycles. The molecular weight excluding hydrogens is 428 g/mol. The summed E-state index contributed by atoms with van der Waals surface area (Å²) in [5, 5.41) is 3.29. The van der Waals surface area contributed by atoms with Crippen molar-refractivity contribution in [2.45, 2.75) is 25.5 Å². The Bertz CT molecular complexity index is 960. The molecule has 0 radical (unpaired) electrons. The van der Waals surface area contributed by atoms with Crippen molar-refractivity contribution < 1.29 is 22.7 Å². The van der Waals surface area contributed by atoms with Crippen LogP contribution in [0, 0.1) is 0 Å². The molecule has 7 nitrogen and oxygen atoms in total. The predicted molar refractivity (Wildman–Crippen MR) is 116 cm³/mol. The number of ether oxygens (including phenoxy) is 2. The van der Waals surface area contributed by atoms with Crippen LogP contribution in [0.15, 0.2) is 48.5 Å². The lowest BCUT2D eigenvalue weighted by Crippen LogP contribution is -2.35. The molecule has 30 heavy (non-hydrogen) atoms. The monoisotopic (exact) mass is 452 g/mol. The molecule has 0 aliphatic carbocycles. The summed E-state index contributed by atoms with van der Waals surface area (Å²) in [6, 6.07) is 13.6. The fraction of sp³-hybridized carbons (Fsp3) is 0.381. The van der Waals surface area contributed by atoms with E-state index < -0.39 is 10.0 Å². The standard InChI is InChI=1S/C21H25ClN2O5S/c1-30(26,27)24(14-16-5-2-3-7-20(16)22)17-8-10-18(11-9-17)29-15-21(25)23-13-19-6-4-12-28-19/h2-3,5,7-11,19H,4,6,12-15H2,1H3,(H,23,25). The molecule has 1 N–H and O–H groups in total. The van der Waals surface area contributed by atoms with Gasteiger partial charge < -0.3 is 14.8 Å². The van der Waals surface area contributed by atoms with E-state index in [2.05, 4.69) is 5.32 Å². The molecule has 1 unspecified atom stereocenters. The third-order valence-electron chi connectivity index (χ3n) is 4.72. The van der Waals surface area contributed by atoms with E-state index in [1.807, 2.05) is 6.07 Å². The fourth-order valence-corrected chi connectivity index (χ4v) is 4.20. The zero-order valence-corrected chi connectivity index (χ0v) is 18.3. The van der Waals surface area contributed by atoms with Crippen molar-refractivity contribution in [3.05, 3.63) is 59.1 Å². The summed E-state index contributed by atoms with van der Waals surface area (Å²) in [7, 11) is -3.53. The van der Waals surface area contributed by atoms with E-state index in [1.165, 1.54) is 4.31 Å². The lowest BCUT2D eigenvalue weighted by Gasteiger charge is -2.23. The number of amides is 1. The van der Waals surface area contributed by atoms with E-state index in [0.29, 0.717) is 28.6 Å². The molecule has 1 amide bonds. The number of nitrogens with one attached hydrogen (secondary N) is 1. The van der Waals surface area contributed by atoms with E-state index in [9.17, 15) is 13.2 Å². The minimum atomic E-state index is -3.53. The highest BCUT2D eigenvalue weighted by atomic mass is 35.5. The minimum Gasteiger partial charge on any atom is -0.484 e. The number of hydrogen-bond acceptors (Lipinski definition) is 5. The van der Waals surface area contributed by atoms with Crippen molar-refractivity contribution >= 4 is 33.2 Å². The van der Waals surface area contributed by atoms with Crippen LogP contribution in [0.5, 0.6) is 5.75 Å². The van der Waals surface area contributed by atoms with Gasteiger partial charge in [-0.2, -0.15) is 0 Å². The fourth-order valence-electron chi connectivity index (χ4n) is 3.12. The van der Waals surface area contributed by atoms with Gasteiger partial charge >= 0.3 is 0 Å². The average Bonchev–Trinajstić information content (AvgIpc) is 3.23. The van der Waals surface area contributed by atoms with Crippen LogP contribution in [0.2, 0.25) is 5.02 Å². The number of rotatable bonds is 9. The average molecular weight is 453 g/mol. The zero-order valence-electron chi connectivity index (χ0n) is 16.7. The van der Waals surface area contributed by atoms with Crippen LogP contribution in [0.3, 0.4) is 0 Å². The van der Waals surface area contributed by atoms with Crippen molar-refractivity contribution in [2.75, 3.05) is 30.3 Å². The summed E-state index contributed by atoms with van der Waals surface area (Å²) in [6.45, 7) is 1.21. The number of nitrogens with zero attached hydrogens (tertiary/aromatic N) is 1. The van der Waals surface area contributed by atoms with E-state index in [4.69, 9.17) is 21.1 Å². The van der Waals surface area contributed by atoms with Crippen LogP contribution in [-0.2, 0) is 26.1 Å². The molecular formula is C21H25ClN2O5S. The van der Waals surface area contributed by atoms with Gasteiger partial charge in [-0.1, -0.05) is 29.8 Å². The number of carbonyl (C=O) groups excluding carboxylic acids is 1. The Morgan fingerprint density at radius 1 is 1.23 bits per heavy atom. The third kappa shape index (κ3) is 6.35. The van der Waals surface area contributed by atoms with Gasteiger partial charge in [0.15, 0.2) is 6.61 Å². The molecule has 2 aromatic carbocycles. The van der Waals surface area contributed by atoms with Crippen molar-refractivity contribution in [2.24, 2.45) is 0 Å². The Hall–Kier alpha value is -2.29. The largest absolute Gasteiger partial charge is 0.484 e. The number of sulfonamides is 1. The second-order valence-electron chi connectivity index (χ2n) is 7.08. The molecule has 0 aromatic heterocycles. The number of anilines is 1. The SMILES string of the molecule is CS(=O)(=O)N(Cc1ccccc1Cl)c1ccc(OCC(=O)NCC2CCCO2)cc1. The highest BCUT2D eigenvalue weighted by molar-refractivity contribution is 7.92. The van der Waals surface area contributed by atoms with Crippen molar-refractivity contribution in [1.82, 2.24) is 5.32 Å². The summed E-state index contributed by atoms with van der Waals surface area (Å²) >= 11 is 6.18. The molecule has 162 valence electrons. The number of halogens is 1. The van der Waals surface area contributed by atoms with Gasteiger partial charge in [-0.05, 0) is 48.7 Å². The molecule has 3 rings (SSSR count). The summed E-state index contributed by atoms with van der Waals surface area (Å²) in [4.78, 5) is 11.9. The summed E-state index contributed by atoms with van der Waals surface area (Å²) in [5.74, 6) is 0.239. The Morgan fingerprint density at radius 3 is 2.60 bits per heavy atom. The maximum absolute atomic E-state index is 12.3. The predicted octanol–water partition coefficient (Wildman–Crippen LogP) is 2.98. The number of benzene rings is 2. The molecule has 1 aliphatic heterocycles. The summed E-state index contributed by atoms with van der Waals surface area (Å²) in [6.07, 6.45) is 3.19. The first-order chi connectivity index (χ1) is 14.3. The number of carbonyl (C=O) groups is 1. The highest BCUT2D eigenvalue weighted by Gasteiger charge is 2.19. The minimum absolute atomic E-state index is 0.0772. The lowest BCUT2D eigenvalue weighted by atomic mass is 10.2. The van der Waals surface area contributed by atoms with Crippen LogP contribution in [-0.4, -0.2) is 46.4 Å². The molecule has 0 saturated carbocycles. The molecule has 1 fully saturated rings. The van der Waals surface area contributed by atoms with Crippen LogP contribution in [0.4, 0.5) is 5.69 Å². The second kappa shape index (κ2) is 10.1. The molecule has 9 heteroatoms. The van der Waals surface area contributed by atoms with E-state index in [0.717, 1.165) is 25.7 Å². The maximum Gasteiger partial charge on any atom is 0.258 e. The van der Waals surface area contributed by atoms with Gasteiger partial charge in [-0.3, -0.25) is 9.10 Å². The Balaban J connectivity index is 1.59. The Morgan fingerprint density at radius 2 is 1.97 bits per heavy atom. The Labute approximate surface area is 182 Å². The molecule has 2 aromatic rings. The van der Waals surface area contributed by atoms with Crippen LogP contribution < -0.4 is 14.4 Å². The van der Waals surface area contributed by atoms with Crippen molar-refractivity contribution in [1.29, 1.82) is 0 Å². The molecule has 0 spiro atoms.